The van der Waals surface area contributed by atoms with Crippen LogP contribution in [0.15, 0.2) is 39.5 Å². The first-order valence-corrected chi connectivity index (χ1v) is 10.4. The molecule has 0 spiro atoms. The van der Waals surface area contributed by atoms with Crippen LogP contribution >= 0.6 is 0 Å². The van der Waals surface area contributed by atoms with E-state index >= 15 is 0 Å². The summed E-state index contributed by atoms with van der Waals surface area (Å²) in [5.41, 5.74) is 6.40. The fourth-order valence-electron chi connectivity index (χ4n) is 3.48. The number of oxazole rings is 1. The van der Waals surface area contributed by atoms with Gasteiger partial charge in [-0.1, -0.05) is 0 Å². The molecule has 3 amide bonds. The van der Waals surface area contributed by atoms with Gasteiger partial charge in [0, 0.05) is 11.6 Å². The van der Waals surface area contributed by atoms with Gasteiger partial charge in [-0.2, -0.15) is 0 Å². The van der Waals surface area contributed by atoms with Crippen molar-refractivity contribution in [3.8, 4) is 17.1 Å². The maximum absolute atomic E-state index is 12.6. The summed E-state index contributed by atoms with van der Waals surface area (Å²) in [6.45, 7) is 7.18. The number of nitrogens with zero attached hydrogens (tertiary/aromatic N) is 2. The summed E-state index contributed by atoms with van der Waals surface area (Å²) in [7, 11) is 0. The van der Waals surface area contributed by atoms with Gasteiger partial charge in [0.05, 0.1) is 23.4 Å². The van der Waals surface area contributed by atoms with E-state index in [9.17, 15) is 19.2 Å². The van der Waals surface area contributed by atoms with E-state index in [0.29, 0.717) is 28.6 Å². The molecule has 1 aliphatic heterocycles. The van der Waals surface area contributed by atoms with Crippen molar-refractivity contribution < 1.29 is 23.5 Å². The third-order valence-corrected chi connectivity index (χ3v) is 5.02. The summed E-state index contributed by atoms with van der Waals surface area (Å²) in [6.07, 6.45) is -0.562. The first kappa shape index (κ1) is 22.8. The molecule has 34 heavy (non-hydrogen) atoms. The number of carbonyl (C=O) groups is 3. The Bertz CT molecular complexity index is 1380. The number of nitrogens with one attached hydrogen (secondary N) is 2. The van der Waals surface area contributed by atoms with E-state index in [4.69, 9.17) is 14.9 Å². The molecular weight excluding hydrogens is 442 g/mol. The molecule has 2 aromatic heterocycles. The molecule has 11 nitrogen and oxygen atoms in total. The van der Waals surface area contributed by atoms with Crippen molar-refractivity contribution in [3.05, 3.63) is 63.3 Å². The number of anilines is 1. The van der Waals surface area contributed by atoms with Crippen molar-refractivity contribution in [1.29, 1.82) is 0 Å². The molecule has 0 aliphatic carbocycles. The van der Waals surface area contributed by atoms with Gasteiger partial charge in [-0.15, -0.1) is 0 Å². The van der Waals surface area contributed by atoms with Gasteiger partial charge in [0.1, 0.15) is 22.9 Å². The number of imide groups is 1. The molecule has 1 aliphatic rings. The number of ether oxygens (including phenoxy) is 1. The SMILES string of the molecule is Cc1oc(-c2ccc(-n3c(N)c4c(cc3=O)C(=O)NC4=O)cc2)nc1CNC(=O)OC(C)(C)C. The molecule has 3 heterocycles. The first-order valence-electron chi connectivity index (χ1n) is 10.4. The Morgan fingerprint density at radius 2 is 1.85 bits per heavy atom. The quantitative estimate of drug-likeness (QED) is 0.495. The normalized spacial score (nSPS) is 12.9. The minimum atomic E-state index is -0.650. The number of benzene rings is 1. The minimum absolute atomic E-state index is 0.0286. The van der Waals surface area contributed by atoms with Gasteiger partial charge in [0.15, 0.2) is 0 Å². The van der Waals surface area contributed by atoms with E-state index < -0.39 is 29.1 Å². The van der Waals surface area contributed by atoms with Gasteiger partial charge in [-0.3, -0.25) is 24.3 Å². The summed E-state index contributed by atoms with van der Waals surface area (Å²) in [4.78, 5) is 52.8. The fourth-order valence-corrected chi connectivity index (χ4v) is 3.48. The molecule has 0 saturated carbocycles. The van der Waals surface area contributed by atoms with Gasteiger partial charge < -0.3 is 20.2 Å². The molecule has 176 valence electrons. The molecule has 0 unspecified atom stereocenters. The predicted molar refractivity (Wildman–Crippen MR) is 122 cm³/mol. The Morgan fingerprint density at radius 3 is 2.50 bits per heavy atom. The molecule has 0 radical (unpaired) electrons. The standard InChI is InChI=1S/C23H23N5O6/c1-11-15(10-25-22(32)34-23(2,3)4)26-21(33-11)12-5-7-13(8-6-12)28-16(29)9-14-17(18(28)24)20(31)27-19(14)30/h5-9H,10,24H2,1-4H3,(H,25,32)(H,27,30,31). The van der Waals surface area contributed by atoms with E-state index in [0.717, 1.165) is 10.6 Å². The van der Waals surface area contributed by atoms with Crippen molar-refractivity contribution in [2.75, 3.05) is 5.73 Å². The Labute approximate surface area is 193 Å². The highest BCUT2D eigenvalue weighted by Gasteiger charge is 2.31. The van der Waals surface area contributed by atoms with Crippen LogP contribution in [0, 0.1) is 6.92 Å². The highest BCUT2D eigenvalue weighted by molar-refractivity contribution is 6.23. The number of alkyl carbamates (subject to hydrolysis) is 1. The average Bonchev–Trinajstić information content (AvgIpc) is 3.24. The monoisotopic (exact) mass is 465 g/mol. The van der Waals surface area contributed by atoms with Crippen LogP contribution in [0.5, 0.6) is 0 Å². The zero-order chi connectivity index (χ0) is 24.8. The minimum Gasteiger partial charge on any atom is -0.444 e. The van der Waals surface area contributed by atoms with Gasteiger partial charge in [-0.25, -0.2) is 9.78 Å². The van der Waals surface area contributed by atoms with Crippen molar-refractivity contribution in [2.24, 2.45) is 0 Å². The van der Waals surface area contributed by atoms with E-state index in [1.165, 1.54) is 0 Å². The van der Waals surface area contributed by atoms with Crippen LogP contribution in [0.1, 0.15) is 52.9 Å². The molecule has 1 aromatic carbocycles. The van der Waals surface area contributed by atoms with E-state index in [-0.39, 0.29) is 23.5 Å². The highest BCUT2D eigenvalue weighted by atomic mass is 16.6. The number of amides is 3. The number of pyridine rings is 1. The number of nitrogens with two attached hydrogens (primary N) is 1. The van der Waals surface area contributed by atoms with Crippen LogP contribution in [0.25, 0.3) is 17.1 Å². The Hall–Kier alpha value is -4.41. The lowest BCUT2D eigenvalue weighted by molar-refractivity contribution is 0.0522. The summed E-state index contributed by atoms with van der Waals surface area (Å²) in [6, 6.07) is 7.67. The van der Waals surface area contributed by atoms with Gasteiger partial charge in [-0.05, 0) is 52.0 Å². The van der Waals surface area contributed by atoms with Gasteiger partial charge in [0.2, 0.25) is 5.89 Å². The van der Waals surface area contributed by atoms with Crippen molar-refractivity contribution in [3.63, 3.8) is 0 Å². The van der Waals surface area contributed by atoms with Gasteiger partial charge >= 0.3 is 6.09 Å². The topological polar surface area (TPSA) is 159 Å². The van der Waals surface area contributed by atoms with Crippen LogP contribution in [0.3, 0.4) is 0 Å². The maximum atomic E-state index is 12.6. The molecule has 4 rings (SSSR count). The number of hydrogen-bond acceptors (Lipinski definition) is 8. The molecule has 11 heteroatoms. The number of aromatic nitrogens is 2. The largest absolute Gasteiger partial charge is 0.444 e. The van der Waals surface area contributed by atoms with Crippen LogP contribution in [-0.2, 0) is 11.3 Å². The number of carbonyl (C=O) groups excluding carboxylic acids is 3. The van der Waals surface area contributed by atoms with E-state index in [2.05, 4.69) is 15.6 Å². The zero-order valence-corrected chi connectivity index (χ0v) is 19.0. The molecular formula is C23H23N5O6. The number of nitrogen functional groups attached to an aromatic ring is 1. The second-order valence-electron chi connectivity index (χ2n) is 8.70. The van der Waals surface area contributed by atoms with Crippen molar-refractivity contribution in [2.45, 2.75) is 39.8 Å². The third kappa shape index (κ3) is 4.27. The van der Waals surface area contributed by atoms with E-state index in [1.54, 1.807) is 52.0 Å². The Balaban J connectivity index is 1.57. The molecule has 0 atom stereocenters. The highest BCUT2D eigenvalue weighted by Crippen LogP contribution is 2.26. The molecule has 4 N–H and O–H groups in total. The average molecular weight is 465 g/mol. The van der Waals surface area contributed by atoms with Crippen molar-refractivity contribution in [1.82, 2.24) is 20.2 Å². The van der Waals surface area contributed by atoms with E-state index in [1.807, 2.05) is 0 Å². The summed E-state index contributed by atoms with van der Waals surface area (Å²) in [5.74, 6) is -0.566. The van der Waals surface area contributed by atoms with Crippen molar-refractivity contribution >= 4 is 23.7 Å². The first-order chi connectivity index (χ1) is 15.9. The number of rotatable bonds is 4. The maximum Gasteiger partial charge on any atom is 0.407 e. The molecule has 0 bridgehead atoms. The summed E-state index contributed by atoms with van der Waals surface area (Å²) >= 11 is 0. The molecule has 0 fully saturated rings. The van der Waals surface area contributed by atoms with Crippen LogP contribution in [-0.4, -0.2) is 33.1 Å². The molecule has 3 aromatic rings. The van der Waals surface area contributed by atoms with Crippen LogP contribution < -0.4 is 21.9 Å². The fraction of sp³-hybridized carbons (Fsp3) is 0.261. The third-order valence-electron chi connectivity index (χ3n) is 5.02. The Kier molecular flexibility index (Phi) is 5.48. The number of aryl methyl sites for hydroxylation is 1. The zero-order valence-electron chi connectivity index (χ0n) is 19.0. The lowest BCUT2D eigenvalue weighted by atomic mass is 10.1. The lowest BCUT2D eigenvalue weighted by Gasteiger charge is -2.19. The van der Waals surface area contributed by atoms with Crippen LogP contribution in [0.4, 0.5) is 10.6 Å². The summed E-state index contributed by atoms with van der Waals surface area (Å²) < 4.78 is 12.1. The van der Waals surface area contributed by atoms with Crippen LogP contribution in [0.2, 0.25) is 0 Å². The number of hydrogen-bond donors (Lipinski definition) is 3. The lowest BCUT2D eigenvalue weighted by Crippen LogP contribution is -2.32. The number of fused-ring (bicyclic) bond motifs is 1. The van der Waals surface area contributed by atoms with Gasteiger partial charge in [0.25, 0.3) is 17.4 Å². The second kappa shape index (κ2) is 8.18. The Morgan fingerprint density at radius 1 is 1.18 bits per heavy atom. The molecule has 0 saturated heterocycles. The smallest absolute Gasteiger partial charge is 0.407 e. The second-order valence-corrected chi connectivity index (χ2v) is 8.70. The summed E-state index contributed by atoms with van der Waals surface area (Å²) in [5, 5.41) is 4.77. The predicted octanol–water partition coefficient (Wildman–Crippen LogP) is 2.29.